The second kappa shape index (κ2) is 23.8. The van der Waals surface area contributed by atoms with E-state index >= 15 is 8.78 Å². The molecule has 6 aromatic heterocycles. The van der Waals surface area contributed by atoms with E-state index < -0.39 is 34.3 Å². The van der Waals surface area contributed by atoms with Crippen LogP contribution in [0.15, 0.2) is 70.3 Å². The van der Waals surface area contributed by atoms with Crippen molar-refractivity contribution in [2.45, 2.75) is 38.8 Å². The Hall–Kier alpha value is -6.24. The second-order valence-corrected chi connectivity index (χ2v) is 21.6. The van der Waals surface area contributed by atoms with Gasteiger partial charge in [0.25, 0.3) is 11.8 Å². The van der Waals surface area contributed by atoms with Gasteiger partial charge >= 0.3 is 0 Å². The zero-order valence-electron chi connectivity index (χ0n) is 44.1. The largest absolute Gasteiger partial charge is 0.380 e. The maximum Gasteiger partial charge on any atom is 0.258 e. The Morgan fingerprint density at radius 2 is 1.12 bits per heavy atom. The number of fused-ring (bicyclic) bond motifs is 10. The SMILES string of the molecule is CC.CN(C)C1CCN(CCNC(=O)c2c(=O)c3cc(F)c(N4CCOCC4)nc3n3c2sc2ccccc23)C1.COC1CCN(CCNC(=O)c2c(=O)c3cc(F)c(N4CCOCC4)nc3n3c2sc2ccccc23)C1. The molecule has 2 atom stereocenters. The zero-order valence-corrected chi connectivity index (χ0v) is 45.7. The number of likely N-dealkylation sites (N-methyl/N-ethyl adjacent to an activating group) is 1. The number of nitrogens with one attached hydrogen (secondary N) is 2. The molecule has 408 valence electrons. The fraction of sp³-hybridized carbons (Fsp3) is 0.455. The molecule has 22 heteroatoms. The minimum absolute atomic E-state index is 0.0187. The monoisotopic (exact) mass is 1090 g/mol. The number of amides is 2. The van der Waals surface area contributed by atoms with Crippen molar-refractivity contribution in [3.8, 4) is 0 Å². The average molecular weight is 1090 g/mol. The highest BCUT2D eigenvalue weighted by molar-refractivity contribution is 7.24. The van der Waals surface area contributed by atoms with Gasteiger partial charge in [0, 0.05) is 85.1 Å². The fourth-order valence-electron chi connectivity index (χ4n) is 10.7. The van der Waals surface area contributed by atoms with Crippen LogP contribution in [0.2, 0.25) is 0 Å². The van der Waals surface area contributed by atoms with Crippen LogP contribution in [-0.4, -0.2) is 184 Å². The molecule has 2 N–H and O–H groups in total. The number of pyridine rings is 4. The Morgan fingerprint density at radius 3 is 1.55 bits per heavy atom. The third-order valence-corrected chi connectivity index (χ3v) is 17.0. The number of likely N-dealkylation sites (tertiary alicyclic amines) is 2. The van der Waals surface area contributed by atoms with Crippen LogP contribution in [0.4, 0.5) is 20.4 Å². The number of rotatable bonds is 12. The van der Waals surface area contributed by atoms with Crippen molar-refractivity contribution in [3.63, 3.8) is 0 Å². The maximum absolute atomic E-state index is 15.3. The van der Waals surface area contributed by atoms with Crippen LogP contribution in [-0.2, 0) is 14.2 Å². The number of hydrogen-bond donors (Lipinski definition) is 2. The van der Waals surface area contributed by atoms with Crippen LogP contribution in [0.1, 0.15) is 47.4 Å². The molecule has 0 bridgehead atoms. The lowest BCUT2D eigenvalue weighted by Gasteiger charge is -2.28. The summed E-state index contributed by atoms with van der Waals surface area (Å²) in [7, 11) is 5.88. The summed E-state index contributed by atoms with van der Waals surface area (Å²) in [4.78, 5) is 75.0. The van der Waals surface area contributed by atoms with Gasteiger partial charge in [0.2, 0.25) is 10.9 Å². The van der Waals surface area contributed by atoms with E-state index in [1.807, 2.05) is 81.0 Å². The summed E-state index contributed by atoms with van der Waals surface area (Å²) < 4.78 is 52.3. The van der Waals surface area contributed by atoms with Gasteiger partial charge in [-0.2, -0.15) is 0 Å². The van der Waals surface area contributed by atoms with Crippen molar-refractivity contribution in [1.29, 1.82) is 0 Å². The molecule has 4 fully saturated rings. The smallest absolute Gasteiger partial charge is 0.258 e. The van der Waals surface area contributed by atoms with E-state index in [0.29, 0.717) is 106 Å². The molecule has 2 amide bonds. The van der Waals surface area contributed by atoms with Gasteiger partial charge in [0.05, 0.1) is 63.7 Å². The normalized spacial score (nSPS) is 18.4. The van der Waals surface area contributed by atoms with Gasteiger partial charge < -0.3 is 39.5 Å². The number of benzene rings is 2. The molecule has 0 saturated carbocycles. The molecule has 0 radical (unpaired) electrons. The molecule has 18 nitrogen and oxygen atoms in total. The number of carbonyl (C=O) groups excluding carboxylic acids is 2. The molecule has 4 saturated heterocycles. The quantitative estimate of drug-likeness (QED) is 0.148. The first kappa shape index (κ1) is 54.1. The highest BCUT2D eigenvalue weighted by Gasteiger charge is 2.30. The molecule has 77 heavy (non-hydrogen) atoms. The van der Waals surface area contributed by atoms with E-state index in [-0.39, 0.29) is 39.6 Å². The number of aromatic nitrogens is 4. The number of morpholine rings is 2. The first-order valence-electron chi connectivity index (χ1n) is 26.5. The molecular formula is C55H65F2N11O7S2. The lowest BCUT2D eigenvalue weighted by Crippen LogP contribution is -2.38. The highest BCUT2D eigenvalue weighted by Crippen LogP contribution is 2.34. The molecule has 4 aliphatic heterocycles. The first-order valence-corrected chi connectivity index (χ1v) is 28.1. The number of anilines is 2. The van der Waals surface area contributed by atoms with Gasteiger partial charge in [-0.05, 0) is 69.9 Å². The lowest BCUT2D eigenvalue weighted by molar-refractivity contribution is 0.0938. The molecule has 8 aromatic rings. The van der Waals surface area contributed by atoms with Gasteiger partial charge in [0.15, 0.2) is 34.6 Å². The molecule has 0 aliphatic carbocycles. The lowest BCUT2D eigenvalue weighted by atomic mass is 10.1. The molecule has 10 heterocycles. The minimum atomic E-state index is -0.584. The molecule has 0 spiro atoms. The van der Waals surface area contributed by atoms with E-state index in [4.69, 9.17) is 14.2 Å². The number of hydrogen-bond acceptors (Lipinski definition) is 16. The molecule has 4 aliphatic rings. The van der Waals surface area contributed by atoms with Gasteiger partial charge in [-0.3, -0.25) is 37.8 Å². The summed E-state index contributed by atoms with van der Waals surface area (Å²) in [5.41, 5.74) is 1.38. The maximum atomic E-state index is 15.3. The number of thiazole rings is 2. The summed E-state index contributed by atoms with van der Waals surface area (Å²) in [5.74, 6) is -1.68. The van der Waals surface area contributed by atoms with Crippen LogP contribution in [0.5, 0.6) is 0 Å². The number of halogens is 2. The zero-order chi connectivity index (χ0) is 53.9. The van der Waals surface area contributed by atoms with E-state index in [9.17, 15) is 19.2 Å². The number of ether oxygens (including phenoxy) is 3. The predicted octanol–water partition coefficient (Wildman–Crippen LogP) is 5.92. The third kappa shape index (κ3) is 10.9. The molecular weight excluding hydrogens is 1030 g/mol. The van der Waals surface area contributed by atoms with Crippen LogP contribution < -0.4 is 31.3 Å². The van der Waals surface area contributed by atoms with Crippen LogP contribution in [0.25, 0.3) is 52.2 Å². The Bertz CT molecular complexity index is 3590. The Morgan fingerprint density at radius 1 is 0.675 bits per heavy atom. The van der Waals surface area contributed by atoms with E-state index in [1.165, 1.54) is 34.8 Å². The summed E-state index contributed by atoms with van der Waals surface area (Å²) in [6, 6.07) is 18.3. The van der Waals surface area contributed by atoms with Gasteiger partial charge in [0.1, 0.15) is 20.8 Å². The standard InChI is InChI=1S/C27H31FN6O3S.C26H28FN5O4S.C2H6/c1-31(2)17-7-9-32(16-17)10-8-29-26(36)22-23(35)18-15-19(28)25(33-11-13-37-14-12-33)30-24(18)34-20-5-3-4-6-21(20)38-27(22)34;1-35-16-6-8-30(15-16)9-7-28-25(34)21-22(33)17-14-18(27)24(31-10-12-36-13-11-31)29-23(17)32-19-4-2-3-5-20(19)37-26(21)32;1-2/h3-6,15,17H,7-14,16H2,1-2H3,(H,29,36);2-5,14,16H,6-13,15H2,1H3,(H,28,34);1-2H3. The van der Waals surface area contributed by atoms with Crippen molar-refractivity contribution in [2.24, 2.45) is 0 Å². The second-order valence-electron chi connectivity index (χ2n) is 19.5. The Labute approximate surface area is 451 Å². The highest BCUT2D eigenvalue weighted by atomic mass is 32.1. The predicted molar refractivity (Wildman–Crippen MR) is 301 cm³/mol. The van der Waals surface area contributed by atoms with Crippen LogP contribution in [0, 0.1) is 11.6 Å². The molecule has 2 aromatic carbocycles. The van der Waals surface area contributed by atoms with Crippen molar-refractivity contribution in [1.82, 2.24) is 44.1 Å². The van der Waals surface area contributed by atoms with Crippen LogP contribution in [0.3, 0.4) is 0 Å². The summed E-state index contributed by atoms with van der Waals surface area (Å²) >= 11 is 2.73. The van der Waals surface area contributed by atoms with Crippen molar-refractivity contribution >= 4 is 98.3 Å². The summed E-state index contributed by atoms with van der Waals surface area (Å²) in [6.45, 7) is 13.9. The van der Waals surface area contributed by atoms with Crippen LogP contribution >= 0.6 is 22.7 Å². The number of methoxy groups -OCH3 is 1. The minimum Gasteiger partial charge on any atom is -0.380 e. The van der Waals surface area contributed by atoms with E-state index in [1.54, 1.807) is 7.11 Å². The van der Waals surface area contributed by atoms with E-state index in [2.05, 4.69) is 49.4 Å². The molecule has 2 unspecified atom stereocenters. The molecule has 12 rings (SSSR count). The van der Waals surface area contributed by atoms with E-state index in [0.717, 1.165) is 59.5 Å². The van der Waals surface area contributed by atoms with Crippen molar-refractivity contribution < 1.29 is 32.6 Å². The van der Waals surface area contributed by atoms with Crippen molar-refractivity contribution in [2.75, 3.05) is 136 Å². The summed E-state index contributed by atoms with van der Waals surface area (Å²) in [5, 5.41) is 6.05. The van der Waals surface area contributed by atoms with Gasteiger partial charge in [-0.15, -0.1) is 22.7 Å². The van der Waals surface area contributed by atoms with Gasteiger partial charge in [-0.1, -0.05) is 38.1 Å². The Kier molecular flexibility index (Phi) is 16.7. The average Bonchev–Trinajstić information content (AvgIpc) is 4.39. The topological polar surface area (TPSA) is 171 Å². The van der Waals surface area contributed by atoms with Crippen molar-refractivity contribution in [3.05, 3.63) is 104 Å². The Balaban J connectivity index is 0.000000169. The summed E-state index contributed by atoms with van der Waals surface area (Å²) in [6.07, 6.45) is 2.27. The fourth-order valence-corrected chi connectivity index (χ4v) is 13.0. The number of nitrogens with zero attached hydrogens (tertiary/aromatic N) is 9. The number of carbonyl (C=O) groups is 2. The third-order valence-electron chi connectivity index (χ3n) is 14.7. The van der Waals surface area contributed by atoms with Gasteiger partial charge in [-0.25, -0.2) is 18.7 Å². The number of para-hydroxylation sites is 2. The first-order chi connectivity index (χ1) is 37.5.